The molecule has 2 N–H and O–H groups in total. The van der Waals surface area contributed by atoms with Gasteiger partial charge in [0.15, 0.2) is 0 Å². The molecule has 0 saturated carbocycles. The summed E-state index contributed by atoms with van der Waals surface area (Å²) < 4.78 is 12.9. The van der Waals surface area contributed by atoms with Crippen molar-refractivity contribution < 1.29 is 14.0 Å². The van der Waals surface area contributed by atoms with E-state index >= 15 is 0 Å². The second-order valence-electron chi connectivity index (χ2n) is 6.41. The van der Waals surface area contributed by atoms with Crippen LogP contribution >= 0.6 is 0 Å². The Hall–Kier alpha value is -3.54. The highest BCUT2D eigenvalue weighted by molar-refractivity contribution is 5.98. The second kappa shape index (κ2) is 8.90. The topological polar surface area (TPSA) is 71.1 Å². The summed E-state index contributed by atoms with van der Waals surface area (Å²) >= 11 is 0. The summed E-state index contributed by atoms with van der Waals surface area (Å²) in [6, 6.07) is 16.7. The van der Waals surface area contributed by atoms with E-state index in [2.05, 4.69) is 15.6 Å². The van der Waals surface area contributed by atoms with E-state index in [9.17, 15) is 14.0 Å². The third kappa shape index (κ3) is 5.23. The number of amides is 2. The molecular weight excluding hydrogens is 357 g/mol. The van der Waals surface area contributed by atoms with Gasteiger partial charge in [0, 0.05) is 24.8 Å². The summed E-state index contributed by atoms with van der Waals surface area (Å²) in [6.07, 6.45) is 1.42. The molecule has 1 heterocycles. The molecule has 0 aliphatic carbocycles. The maximum absolute atomic E-state index is 12.9. The zero-order valence-electron chi connectivity index (χ0n) is 15.4. The fourth-order valence-electron chi connectivity index (χ4n) is 2.68. The first-order chi connectivity index (χ1) is 13.5. The Labute approximate surface area is 162 Å². The molecule has 6 heteroatoms. The number of nitrogens with zero attached hydrogens (tertiary/aromatic N) is 1. The lowest BCUT2D eigenvalue weighted by molar-refractivity contribution is 0.0946. The number of hydrogen-bond acceptors (Lipinski definition) is 3. The maximum Gasteiger partial charge on any atom is 0.270 e. The minimum Gasteiger partial charge on any atom is -0.348 e. The average Bonchev–Trinajstić information content (AvgIpc) is 2.71. The van der Waals surface area contributed by atoms with Crippen LogP contribution in [0.5, 0.6) is 0 Å². The zero-order valence-corrected chi connectivity index (χ0v) is 15.4. The molecule has 3 aromatic rings. The summed E-state index contributed by atoms with van der Waals surface area (Å²) in [4.78, 5) is 28.7. The number of rotatable bonds is 6. The molecule has 28 heavy (non-hydrogen) atoms. The van der Waals surface area contributed by atoms with E-state index < -0.39 is 0 Å². The Morgan fingerprint density at radius 3 is 2.36 bits per heavy atom. The Kier molecular flexibility index (Phi) is 6.11. The van der Waals surface area contributed by atoms with Crippen molar-refractivity contribution in [3.63, 3.8) is 0 Å². The normalized spacial score (nSPS) is 10.4. The fourth-order valence-corrected chi connectivity index (χ4v) is 2.68. The molecule has 0 bridgehead atoms. The minimum absolute atomic E-state index is 0.169. The van der Waals surface area contributed by atoms with E-state index in [0.717, 1.165) is 16.7 Å². The number of benzene rings is 2. The molecular formula is C22H20FN3O2. The molecule has 2 aromatic carbocycles. The van der Waals surface area contributed by atoms with Crippen LogP contribution in [0.15, 0.2) is 66.9 Å². The van der Waals surface area contributed by atoms with Gasteiger partial charge in [0.1, 0.15) is 11.5 Å². The Balaban J connectivity index is 1.59. The highest BCUT2D eigenvalue weighted by Gasteiger charge is 2.12. The highest BCUT2D eigenvalue weighted by Crippen LogP contribution is 2.07. The predicted molar refractivity (Wildman–Crippen MR) is 104 cm³/mol. The SMILES string of the molecule is Cc1cccc(CNC(=O)c2cc(C(=O)NCc3ccc(F)cc3)ccn2)c1. The number of carbonyl (C=O) groups excluding carboxylic acids is 2. The van der Waals surface area contributed by atoms with Crippen molar-refractivity contribution in [2.24, 2.45) is 0 Å². The molecule has 0 unspecified atom stereocenters. The lowest BCUT2D eigenvalue weighted by atomic mass is 10.1. The van der Waals surface area contributed by atoms with Crippen molar-refractivity contribution in [1.82, 2.24) is 15.6 Å². The van der Waals surface area contributed by atoms with Gasteiger partial charge in [0.05, 0.1) is 0 Å². The predicted octanol–water partition coefficient (Wildman–Crippen LogP) is 3.39. The van der Waals surface area contributed by atoms with Crippen LogP contribution in [0.1, 0.15) is 37.5 Å². The molecule has 0 radical (unpaired) electrons. The van der Waals surface area contributed by atoms with Crippen LogP contribution in [-0.2, 0) is 13.1 Å². The van der Waals surface area contributed by atoms with Crippen molar-refractivity contribution in [3.8, 4) is 0 Å². The van der Waals surface area contributed by atoms with Crippen molar-refractivity contribution in [2.75, 3.05) is 0 Å². The van der Waals surface area contributed by atoms with E-state index in [-0.39, 0.29) is 29.9 Å². The first-order valence-electron chi connectivity index (χ1n) is 8.84. The molecule has 0 saturated heterocycles. The Bertz CT molecular complexity index is 987. The maximum atomic E-state index is 12.9. The van der Waals surface area contributed by atoms with Gasteiger partial charge in [-0.3, -0.25) is 14.6 Å². The van der Waals surface area contributed by atoms with Gasteiger partial charge in [-0.1, -0.05) is 42.0 Å². The highest BCUT2D eigenvalue weighted by atomic mass is 19.1. The van der Waals surface area contributed by atoms with Crippen LogP contribution in [0.4, 0.5) is 4.39 Å². The first kappa shape index (κ1) is 19.2. The van der Waals surface area contributed by atoms with Crippen LogP contribution in [-0.4, -0.2) is 16.8 Å². The molecule has 5 nitrogen and oxygen atoms in total. The van der Waals surface area contributed by atoms with Crippen LogP contribution in [0.3, 0.4) is 0 Å². The quantitative estimate of drug-likeness (QED) is 0.692. The Morgan fingerprint density at radius 2 is 1.61 bits per heavy atom. The van der Waals surface area contributed by atoms with E-state index in [1.54, 1.807) is 12.1 Å². The minimum atomic E-state index is -0.352. The monoisotopic (exact) mass is 377 g/mol. The van der Waals surface area contributed by atoms with Crippen LogP contribution in [0.25, 0.3) is 0 Å². The molecule has 0 aliphatic rings. The molecule has 0 aliphatic heterocycles. The third-order valence-corrected chi connectivity index (χ3v) is 4.16. The number of pyridine rings is 1. The summed E-state index contributed by atoms with van der Waals surface area (Å²) in [5.74, 6) is -1.01. The van der Waals surface area contributed by atoms with Crippen molar-refractivity contribution in [1.29, 1.82) is 0 Å². The number of nitrogens with one attached hydrogen (secondary N) is 2. The molecule has 0 spiro atoms. The van der Waals surface area contributed by atoms with Gasteiger partial charge in [-0.05, 0) is 42.3 Å². The fraction of sp³-hybridized carbons (Fsp3) is 0.136. The number of carbonyl (C=O) groups is 2. The van der Waals surface area contributed by atoms with Crippen molar-refractivity contribution in [2.45, 2.75) is 20.0 Å². The lowest BCUT2D eigenvalue weighted by Crippen LogP contribution is -2.26. The van der Waals surface area contributed by atoms with E-state index in [4.69, 9.17) is 0 Å². The molecule has 3 rings (SSSR count). The lowest BCUT2D eigenvalue weighted by Gasteiger charge is -2.08. The smallest absolute Gasteiger partial charge is 0.270 e. The van der Waals surface area contributed by atoms with Gasteiger partial charge in [-0.25, -0.2) is 4.39 Å². The summed E-state index contributed by atoms with van der Waals surface area (Å²) in [7, 11) is 0. The standard InChI is InChI=1S/C22H20FN3O2/c1-15-3-2-4-17(11-15)14-26-22(28)20-12-18(9-10-24-20)21(27)25-13-16-5-7-19(23)8-6-16/h2-12H,13-14H2,1H3,(H,25,27)(H,26,28). The van der Waals surface area contributed by atoms with E-state index in [0.29, 0.717) is 12.1 Å². The zero-order chi connectivity index (χ0) is 19.9. The van der Waals surface area contributed by atoms with Gasteiger partial charge in [-0.15, -0.1) is 0 Å². The van der Waals surface area contributed by atoms with Gasteiger partial charge >= 0.3 is 0 Å². The van der Waals surface area contributed by atoms with E-state index in [1.807, 2.05) is 31.2 Å². The molecule has 2 amide bonds. The van der Waals surface area contributed by atoms with E-state index in [1.165, 1.54) is 30.5 Å². The van der Waals surface area contributed by atoms with Crippen molar-refractivity contribution in [3.05, 3.63) is 101 Å². The molecule has 142 valence electrons. The first-order valence-corrected chi connectivity index (χ1v) is 8.84. The van der Waals surface area contributed by atoms with Gasteiger partial charge in [0.2, 0.25) is 0 Å². The second-order valence-corrected chi connectivity index (χ2v) is 6.41. The van der Waals surface area contributed by atoms with Gasteiger partial charge in [0.25, 0.3) is 11.8 Å². The Morgan fingerprint density at radius 1 is 0.893 bits per heavy atom. The van der Waals surface area contributed by atoms with Crippen molar-refractivity contribution >= 4 is 11.8 Å². The van der Waals surface area contributed by atoms with Gasteiger partial charge in [-0.2, -0.15) is 0 Å². The summed E-state index contributed by atoms with van der Waals surface area (Å²) in [5, 5.41) is 5.55. The average molecular weight is 377 g/mol. The molecule has 0 fully saturated rings. The number of halogens is 1. The number of aromatic nitrogens is 1. The number of aryl methyl sites for hydroxylation is 1. The van der Waals surface area contributed by atoms with Crippen LogP contribution < -0.4 is 10.6 Å². The van der Waals surface area contributed by atoms with Crippen LogP contribution in [0.2, 0.25) is 0 Å². The summed E-state index contributed by atoms with van der Waals surface area (Å²) in [5.41, 5.74) is 3.38. The molecule has 0 atom stereocenters. The van der Waals surface area contributed by atoms with Gasteiger partial charge < -0.3 is 10.6 Å². The number of hydrogen-bond donors (Lipinski definition) is 2. The molecule has 1 aromatic heterocycles. The van der Waals surface area contributed by atoms with Crippen LogP contribution in [0, 0.1) is 12.7 Å². The largest absolute Gasteiger partial charge is 0.348 e. The summed E-state index contributed by atoms with van der Waals surface area (Å²) in [6.45, 7) is 2.63. The third-order valence-electron chi connectivity index (χ3n) is 4.16.